The van der Waals surface area contributed by atoms with Crippen molar-refractivity contribution in [2.75, 3.05) is 38.9 Å². The maximum atomic E-state index is 14.3. The molecule has 166 valence electrons. The van der Waals surface area contributed by atoms with Gasteiger partial charge in [0.25, 0.3) is 0 Å². The number of hydrogen-bond donors (Lipinski definition) is 0. The third kappa shape index (κ3) is 8.03. The van der Waals surface area contributed by atoms with Crippen LogP contribution in [-0.2, 0) is 24.1 Å². The van der Waals surface area contributed by atoms with Crippen LogP contribution in [0.3, 0.4) is 0 Å². The highest BCUT2D eigenvalue weighted by Crippen LogP contribution is 2.30. The molecule has 0 atom stereocenters. The Labute approximate surface area is 184 Å². The zero-order valence-electron chi connectivity index (χ0n) is 16.4. The standard InChI is InChI=1S/C20H23ClF2O5S2/c1-15-2-4-17(5-3-15)30(24,25)29-14-18-19(22)12-16(13-20(18)23)28-11-10-27-9-8-26-7-6-21/h2-5,12-13H,6-11,14H2,1H3. The third-order valence-corrected chi connectivity index (χ3v) is 7.45. The monoisotopic (exact) mass is 480 g/mol. The number of hydrogen-bond acceptors (Lipinski definition) is 6. The van der Waals surface area contributed by atoms with Crippen LogP contribution in [0.4, 0.5) is 8.78 Å². The van der Waals surface area contributed by atoms with Crippen LogP contribution >= 0.6 is 22.4 Å². The van der Waals surface area contributed by atoms with Crippen LogP contribution in [0.25, 0.3) is 0 Å². The largest absolute Gasteiger partial charge is 0.491 e. The zero-order valence-corrected chi connectivity index (χ0v) is 18.8. The minimum absolute atomic E-state index is 0.00197. The zero-order chi connectivity index (χ0) is 22.0. The molecule has 0 N–H and O–H groups in total. The molecule has 0 saturated carbocycles. The average molecular weight is 481 g/mol. The van der Waals surface area contributed by atoms with E-state index in [1.54, 1.807) is 12.1 Å². The molecular formula is C20H23ClF2O5S2. The SMILES string of the molecule is Cc1ccc(S(=O)(=O)SCc2c(F)cc(OCCOCCOCCCl)cc2F)cc1. The third-order valence-electron chi connectivity index (χ3n) is 3.87. The predicted octanol–water partition coefficient (Wildman–Crippen LogP) is 4.55. The van der Waals surface area contributed by atoms with Crippen molar-refractivity contribution in [3.8, 4) is 5.75 Å². The molecule has 0 bridgehead atoms. The van der Waals surface area contributed by atoms with E-state index in [1.165, 1.54) is 12.1 Å². The number of ether oxygens (including phenoxy) is 3. The summed E-state index contributed by atoms with van der Waals surface area (Å²) in [5.41, 5.74) is 0.590. The Bertz CT molecular complexity index is 885. The summed E-state index contributed by atoms with van der Waals surface area (Å²) in [7, 11) is -3.26. The molecule has 5 nitrogen and oxygen atoms in total. The van der Waals surface area contributed by atoms with Crippen LogP contribution in [0.1, 0.15) is 11.1 Å². The van der Waals surface area contributed by atoms with E-state index in [2.05, 4.69) is 0 Å². The van der Waals surface area contributed by atoms with Gasteiger partial charge in [-0.05, 0) is 29.9 Å². The van der Waals surface area contributed by atoms with Crippen LogP contribution in [0.15, 0.2) is 41.3 Å². The second-order valence-electron chi connectivity index (χ2n) is 6.16. The van der Waals surface area contributed by atoms with E-state index in [0.717, 1.165) is 17.7 Å². The van der Waals surface area contributed by atoms with E-state index in [0.29, 0.717) is 36.5 Å². The summed E-state index contributed by atoms with van der Waals surface area (Å²) in [4.78, 5) is 0.0897. The lowest BCUT2D eigenvalue weighted by Gasteiger charge is -2.11. The Morgan fingerprint density at radius 2 is 1.50 bits per heavy atom. The molecule has 30 heavy (non-hydrogen) atoms. The summed E-state index contributed by atoms with van der Waals surface area (Å²) in [6, 6.07) is 8.32. The van der Waals surface area contributed by atoms with Gasteiger partial charge in [-0.2, -0.15) is 0 Å². The first-order valence-corrected chi connectivity index (χ1v) is 12.6. The molecule has 0 heterocycles. The summed E-state index contributed by atoms with van der Waals surface area (Å²) in [5, 5.41) is 0. The van der Waals surface area contributed by atoms with Crippen LogP contribution in [0.5, 0.6) is 5.75 Å². The molecule has 0 aliphatic carbocycles. The van der Waals surface area contributed by atoms with Gasteiger partial charge in [0.05, 0.1) is 31.3 Å². The number of benzene rings is 2. The first-order valence-electron chi connectivity index (χ1n) is 9.12. The molecular weight excluding hydrogens is 458 g/mol. The minimum atomic E-state index is -3.73. The molecule has 2 aromatic rings. The maximum Gasteiger partial charge on any atom is 0.230 e. The van der Waals surface area contributed by atoms with Crippen molar-refractivity contribution in [1.82, 2.24) is 0 Å². The van der Waals surface area contributed by atoms with Crippen molar-refractivity contribution in [3.05, 3.63) is 59.2 Å². The molecule has 0 aromatic heterocycles. The fourth-order valence-corrected chi connectivity index (χ4v) is 5.13. The fraction of sp³-hybridized carbons (Fsp3) is 0.400. The van der Waals surface area contributed by atoms with Gasteiger partial charge in [-0.1, -0.05) is 17.7 Å². The summed E-state index contributed by atoms with van der Waals surface area (Å²) in [6.45, 7) is 3.35. The van der Waals surface area contributed by atoms with Gasteiger partial charge < -0.3 is 14.2 Å². The molecule has 0 amide bonds. The molecule has 2 rings (SSSR count). The fourth-order valence-electron chi connectivity index (χ4n) is 2.31. The van der Waals surface area contributed by atoms with Crippen molar-refractivity contribution < 1.29 is 31.4 Å². The van der Waals surface area contributed by atoms with Gasteiger partial charge in [-0.3, -0.25) is 0 Å². The lowest BCUT2D eigenvalue weighted by atomic mass is 10.2. The molecule has 0 spiro atoms. The highest BCUT2D eigenvalue weighted by atomic mass is 35.5. The number of halogens is 3. The van der Waals surface area contributed by atoms with Crippen molar-refractivity contribution in [3.63, 3.8) is 0 Å². The molecule has 0 saturated heterocycles. The lowest BCUT2D eigenvalue weighted by Crippen LogP contribution is -2.11. The number of rotatable bonds is 13. The Hall–Kier alpha value is -1.39. The summed E-state index contributed by atoms with van der Waals surface area (Å²) in [5.74, 6) is -1.69. The highest BCUT2D eigenvalue weighted by Gasteiger charge is 2.19. The number of aryl methyl sites for hydroxylation is 1. The van der Waals surface area contributed by atoms with Crippen molar-refractivity contribution in [1.29, 1.82) is 0 Å². The quantitative estimate of drug-likeness (QED) is 0.238. The van der Waals surface area contributed by atoms with Gasteiger partial charge in [0.2, 0.25) is 8.87 Å². The van der Waals surface area contributed by atoms with E-state index in [1.807, 2.05) is 6.92 Å². The lowest BCUT2D eigenvalue weighted by molar-refractivity contribution is 0.0409. The van der Waals surface area contributed by atoms with Gasteiger partial charge in [0.15, 0.2) is 0 Å². The van der Waals surface area contributed by atoms with Crippen molar-refractivity contribution in [2.45, 2.75) is 17.6 Å². The van der Waals surface area contributed by atoms with Gasteiger partial charge in [0.1, 0.15) is 24.0 Å². The van der Waals surface area contributed by atoms with E-state index in [9.17, 15) is 17.2 Å². The van der Waals surface area contributed by atoms with Crippen LogP contribution < -0.4 is 4.74 Å². The molecule has 0 unspecified atom stereocenters. The van der Waals surface area contributed by atoms with Crippen LogP contribution in [0, 0.1) is 18.6 Å². The summed E-state index contributed by atoms with van der Waals surface area (Å²) >= 11 is 5.47. The topological polar surface area (TPSA) is 61.8 Å². The van der Waals surface area contributed by atoms with Crippen LogP contribution in [0.2, 0.25) is 0 Å². The van der Waals surface area contributed by atoms with E-state index >= 15 is 0 Å². The molecule has 0 radical (unpaired) electrons. The summed E-state index contributed by atoms with van der Waals surface area (Å²) in [6.07, 6.45) is 0. The van der Waals surface area contributed by atoms with E-state index < -0.39 is 20.5 Å². The second kappa shape index (κ2) is 12.5. The molecule has 2 aromatic carbocycles. The maximum absolute atomic E-state index is 14.3. The first-order chi connectivity index (χ1) is 14.3. The summed E-state index contributed by atoms with van der Waals surface area (Å²) < 4.78 is 69.0. The highest BCUT2D eigenvalue weighted by molar-refractivity contribution is 8.71. The second-order valence-corrected chi connectivity index (χ2v) is 10.5. The Morgan fingerprint density at radius 1 is 0.933 bits per heavy atom. The van der Waals surface area contributed by atoms with Gasteiger partial charge in [-0.25, -0.2) is 17.2 Å². The van der Waals surface area contributed by atoms with Gasteiger partial charge >= 0.3 is 0 Å². The number of alkyl halides is 1. The molecule has 0 fully saturated rings. The van der Waals surface area contributed by atoms with Gasteiger partial charge in [0, 0.05) is 29.3 Å². The Balaban J connectivity index is 1.86. The predicted molar refractivity (Wildman–Crippen MR) is 114 cm³/mol. The molecule has 10 heteroatoms. The van der Waals surface area contributed by atoms with Crippen LogP contribution in [-0.4, -0.2) is 47.3 Å². The van der Waals surface area contributed by atoms with Crippen molar-refractivity contribution in [2.24, 2.45) is 0 Å². The average Bonchev–Trinajstić information content (AvgIpc) is 2.69. The molecule has 0 aliphatic rings. The first kappa shape index (κ1) is 24.9. The van der Waals surface area contributed by atoms with E-state index in [-0.39, 0.29) is 35.2 Å². The van der Waals surface area contributed by atoms with Crippen molar-refractivity contribution >= 4 is 31.3 Å². The Kier molecular flexibility index (Phi) is 10.3. The molecule has 0 aliphatic heterocycles. The van der Waals surface area contributed by atoms with Gasteiger partial charge in [-0.15, -0.1) is 11.6 Å². The smallest absolute Gasteiger partial charge is 0.230 e. The Morgan fingerprint density at radius 3 is 2.10 bits per heavy atom. The normalized spacial score (nSPS) is 11.6. The van der Waals surface area contributed by atoms with E-state index in [4.69, 9.17) is 25.8 Å². The minimum Gasteiger partial charge on any atom is -0.491 e.